The van der Waals surface area contributed by atoms with Gasteiger partial charge >= 0.3 is 6.09 Å². The molecule has 0 aromatic carbocycles. The van der Waals surface area contributed by atoms with Crippen LogP contribution in [0.3, 0.4) is 0 Å². The second kappa shape index (κ2) is 12.4. The molecule has 1 unspecified atom stereocenters. The van der Waals surface area contributed by atoms with E-state index in [9.17, 15) is 4.79 Å². The van der Waals surface area contributed by atoms with Crippen LogP contribution in [-0.2, 0) is 9.47 Å². The van der Waals surface area contributed by atoms with E-state index in [1.807, 2.05) is 46.3 Å². The molecule has 4 aromatic heterocycles. The van der Waals surface area contributed by atoms with Gasteiger partial charge in [0.25, 0.3) is 0 Å². The highest BCUT2D eigenvalue weighted by Gasteiger charge is 2.30. The summed E-state index contributed by atoms with van der Waals surface area (Å²) < 4.78 is 11.5. The minimum Gasteiger partial charge on any atom is -0.444 e. The van der Waals surface area contributed by atoms with Crippen molar-refractivity contribution in [2.75, 3.05) is 31.6 Å². The number of aromatic nitrogens is 4. The molecule has 4 aromatic rings. The highest BCUT2D eigenvalue weighted by molar-refractivity contribution is 7.29. The fraction of sp³-hybridized carbons (Fsp3) is 0.516. The molecule has 2 aliphatic rings. The minimum absolute atomic E-state index is 0.0978. The number of carbonyl (C=O) groups excluding carboxylic acids is 1. The molecule has 2 aliphatic heterocycles. The Morgan fingerprint density at radius 2 is 1.98 bits per heavy atom. The molecule has 6 rings (SSSR count). The Morgan fingerprint density at radius 1 is 1.20 bits per heavy atom. The summed E-state index contributed by atoms with van der Waals surface area (Å²) in [7, 11) is 2.09. The van der Waals surface area contributed by atoms with Crippen LogP contribution in [0.5, 0.6) is 0 Å². The molecule has 2 saturated heterocycles. The summed E-state index contributed by atoms with van der Waals surface area (Å²) in [5, 5.41) is 8.92. The monoisotopic (exact) mass is 636 g/mol. The number of rotatable bonds is 7. The van der Waals surface area contributed by atoms with Gasteiger partial charge in [-0.25, -0.2) is 19.8 Å². The van der Waals surface area contributed by atoms with Crippen molar-refractivity contribution < 1.29 is 14.3 Å². The largest absolute Gasteiger partial charge is 0.444 e. The number of hydrogen-bond donors (Lipinski definition) is 1. The van der Waals surface area contributed by atoms with E-state index in [0.717, 1.165) is 86.2 Å². The molecule has 0 aliphatic carbocycles. The fourth-order valence-electron chi connectivity index (χ4n) is 5.75. The lowest BCUT2D eigenvalue weighted by Crippen LogP contribution is -2.47. The first-order valence-electron chi connectivity index (χ1n) is 15.1. The van der Waals surface area contributed by atoms with E-state index in [1.165, 1.54) is 0 Å². The summed E-state index contributed by atoms with van der Waals surface area (Å²) >= 11 is 3.19. The number of thiazole rings is 2. The van der Waals surface area contributed by atoms with Crippen molar-refractivity contribution in [3.63, 3.8) is 0 Å². The Hall–Kier alpha value is -3.55. The third-order valence-corrected chi connectivity index (χ3v) is 10.2. The van der Waals surface area contributed by atoms with Crippen LogP contribution in [0.15, 0.2) is 29.8 Å². The van der Waals surface area contributed by atoms with Crippen LogP contribution in [0.1, 0.15) is 65.5 Å². The van der Waals surface area contributed by atoms with Gasteiger partial charge in [0.05, 0.1) is 11.2 Å². The van der Waals surface area contributed by atoms with E-state index in [1.54, 1.807) is 32.6 Å². The zero-order valence-corrected chi connectivity index (χ0v) is 27.6. The zero-order chi connectivity index (χ0) is 31.0. The maximum Gasteiger partial charge on any atom is 0.410 e. The number of H-pyrrole nitrogens is 1. The molecule has 1 atom stereocenters. The number of allylic oxidation sites excluding steroid dienone is 1. The number of aromatic amines is 1. The van der Waals surface area contributed by atoms with Gasteiger partial charge in [-0.05, 0) is 71.4 Å². The van der Waals surface area contributed by atoms with Gasteiger partial charge in [0.1, 0.15) is 16.8 Å². The number of piperidine rings is 1. The van der Waals surface area contributed by atoms with Crippen LogP contribution in [-0.4, -0.2) is 87.3 Å². The molecule has 44 heavy (non-hydrogen) atoms. The number of ether oxygens (including phenoxy) is 2. The molecule has 11 nitrogen and oxygen atoms in total. The maximum absolute atomic E-state index is 12.5. The molecular weight excluding hydrogens is 597 g/mol. The van der Waals surface area contributed by atoms with Gasteiger partial charge in [0, 0.05) is 69.0 Å². The van der Waals surface area contributed by atoms with Gasteiger partial charge in [-0.15, -0.1) is 0 Å². The quantitative estimate of drug-likeness (QED) is 0.172. The number of hydrogen-bond acceptors (Lipinski definition) is 11. The molecule has 2 fully saturated rings. The van der Waals surface area contributed by atoms with Gasteiger partial charge < -0.3 is 24.3 Å². The normalized spacial score (nSPS) is 18.6. The Kier molecular flexibility index (Phi) is 8.62. The third kappa shape index (κ3) is 6.31. The van der Waals surface area contributed by atoms with Crippen molar-refractivity contribution in [2.45, 2.75) is 77.7 Å². The van der Waals surface area contributed by atoms with Crippen LogP contribution in [0.4, 0.5) is 9.93 Å². The smallest absolute Gasteiger partial charge is 0.410 e. The number of pyridine rings is 1. The first-order chi connectivity index (χ1) is 21.1. The number of amides is 1. The van der Waals surface area contributed by atoms with Crippen molar-refractivity contribution >= 4 is 66.8 Å². The fourth-order valence-corrected chi connectivity index (χ4v) is 7.84. The van der Waals surface area contributed by atoms with Crippen molar-refractivity contribution in [1.29, 1.82) is 0 Å². The molecule has 1 amide bonds. The highest BCUT2D eigenvalue weighted by atomic mass is 32.1. The molecule has 234 valence electrons. The van der Waals surface area contributed by atoms with Crippen LogP contribution in [0.25, 0.3) is 36.7 Å². The Morgan fingerprint density at radius 3 is 2.66 bits per heavy atom. The molecule has 0 spiro atoms. The van der Waals surface area contributed by atoms with Crippen molar-refractivity contribution in [1.82, 2.24) is 29.8 Å². The Balaban J connectivity index is 1.17. The van der Waals surface area contributed by atoms with Gasteiger partial charge in [-0.1, -0.05) is 22.7 Å². The lowest BCUT2D eigenvalue weighted by Gasteiger charge is -2.37. The van der Waals surface area contributed by atoms with Crippen LogP contribution in [0, 0.1) is 0 Å². The predicted octanol–water partition coefficient (Wildman–Crippen LogP) is 6.94. The zero-order valence-electron chi connectivity index (χ0n) is 26.0. The third-order valence-electron chi connectivity index (χ3n) is 8.07. The maximum atomic E-state index is 12.5. The van der Waals surface area contributed by atoms with Crippen molar-refractivity contribution in [2.24, 2.45) is 5.10 Å². The van der Waals surface area contributed by atoms with Crippen molar-refractivity contribution in [3.8, 4) is 10.6 Å². The van der Waals surface area contributed by atoms with Crippen molar-refractivity contribution in [3.05, 3.63) is 30.4 Å². The molecule has 1 N–H and O–H groups in total. The highest BCUT2D eigenvalue weighted by Crippen LogP contribution is 2.40. The van der Waals surface area contributed by atoms with Gasteiger partial charge in [0.2, 0.25) is 0 Å². The standard InChI is InChI=1S/C31H40N8O3S2/c1-19(18-39(32-5)23-9-7-8-16-41-23)24-25-21(10-13-33-25)22(17-34-24)26-35-27-28(43-26)36-29(44-27)37(6)20-11-14-38(15-12-20)30(40)42-31(2,3)4/h10,13,17-18,20,23,33H,5,7-9,11-12,14-16H2,1-4,6H3/b19-18+. The lowest BCUT2D eigenvalue weighted by atomic mass is 10.0. The molecule has 0 saturated carbocycles. The average Bonchev–Trinajstić information content (AvgIpc) is 3.74. The van der Waals surface area contributed by atoms with E-state index in [4.69, 9.17) is 24.4 Å². The van der Waals surface area contributed by atoms with E-state index >= 15 is 0 Å². The second-order valence-corrected chi connectivity index (χ2v) is 14.3. The number of nitrogens with zero attached hydrogens (tertiary/aromatic N) is 7. The van der Waals surface area contributed by atoms with E-state index in [-0.39, 0.29) is 12.3 Å². The number of fused-ring (bicyclic) bond motifs is 2. The summed E-state index contributed by atoms with van der Waals surface area (Å²) in [6.07, 6.45) is 10.3. The lowest BCUT2D eigenvalue weighted by molar-refractivity contribution is -0.0643. The van der Waals surface area contributed by atoms with Gasteiger partial charge in [-0.3, -0.25) is 4.98 Å². The SMILES string of the molecule is C=NN(/C=C(\C)c1ncc(-c2nc3sc(N(C)C4CCN(C(=O)OC(C)(C)C)CC4)nc3s2)c2cc[nH]c12)C1CCCCO1. The minimum atomic E-state index is -0.487. The number of likely N-dealkylation sites (tertiary alicyclic amines) is 1. The Labute approximate surface area is 265 Å². The number of anilines is 1. The molecule has 13 heteroatoms. The Bertz CT molecular complexity index is 1640. The second-order valence-electron chi connectivity index (χ2n) is 12.4. The van der Waals surface area contributed by atoms with Crippen LogP contribution in [0.2, 0.25) is 0 Å². The predicted molar refractivity (Wildman–Crippen MR) is 178 cm³/mol. The summed E-state index contributed by atoms with van der Waals surface area (Å²) in [6, 6.07) is 2.38. The topological polar surface area (TPSA) is 112 Å². The molecule has 0 radical (unpaired) electrons. The van der Waals surface area contributed by atoms with Crippen LogP contribution < -0.4 is 4.90 Å². The molecule has 0 bridgehead atoms. The van der Waals surface area contributed by atoms with E-state index < -0.39 is 5.60 Å². The molecule has 6 heterocycles. The number of carbonyl (C=O) groups is 1. The van der Waals surface area contributed by atoms with E-state index in [0.29, 0.717) is 19.1 Å². The summed E-state index contributed by atoms with van der Waals surface area (Å²) in [5.41, 5.74) is 3.27. The summed E-state index contributed by atoms with van der Waals surface area (Å²) in [5.74, 6) is 0. The average molecular weight is 637 g/mol. The van der Waals surface area contributed by atoms with Gasteiger partial charge in [0.15, 0.2) is 14.8 Å². The molecular formula is C31H40N8O3S2. The van der Waals surface area contributed by atoms with Crippen LogP contribution >= 0.6 is 22.7 Å². The first-order valence-corrected chi connectivity index (χ1v) is 16.7. The number of hydrazone groups is 1. The number of nitrogens with one attached hydrogen (secondary N) is 1. The first kappa shape index (κ1) is 30.5. The van der Waals surface area contributed by atoms with Gasteiger partial charge in [-0.2, -0.15) is 5.10 Å². The van der Waals surface area contributed by atoms with E-state index in [2.05, 4.69) is 34.8 Å². The summed E-state index contributed by atoms with van der Waals surface area (Å²) in [4.78, 5) is 36.6. The summed E-state index contributed by atoms with van der Waals surface area (Å²) in [6.45, 7) is 13.6.